The number of carboxylic acid groups (broad SMARTS) is 1. The Morgan fingerprint density at radius 3 is 2.18 bits per heavy atom. The highest BCUT2D eigenvalue weighted by atomic mass is 16.5. The number of rotatable bonds is 7. The van der Waals surface area contributed by atoms with E-state index in [0.29, 0.717) is 13.1 Å². The van der Waals surface area contributed by atoms with Gasteiger partial charge in [-0.05, 0) is 42.3 Å². The third-order valence-electron chi connectivity index (χ3n) is 6.86. The summed E-state index contributed by atoms with van der Waals surface area (Å²) in [4.78, 5) is 40.9. The van der Waals surface area contributed by atoms with Gasteiger partial charge in [0.15, 0.2) is 0 Å². The Morgan fingerprint density at radius 2 is 1.65 bits per heavy atom. The molecule has 2 N–H and O–H groups in total. The van der Waals surface area contributed by atoms with Gasteiger partial charge in [-0.3, -0.25) is 9.59 Å². The number of benzene rings is 2. The zero-order valence-electron chi connectivity index (χ0n) is 19.7. The first-order valence-electron chi connectivity index (χ1n) is 11.5. The van der Waals surface area contributed by atoms with Gasteiger partial charge < -0.3 is 25.0 Å². The number of likely N-dealkylation sites (tertiary alicyclic amines) is 1. The summed E-state index contributed by atoms with van der Waals surface area (Å²) in [6.45, 7) is 3.17. The minimum absolute atomic E-state index is 0.0945. The van der Waals surface area contributed by atoms with Gasteiger partial charge in [0.1, 0.15) is 12.6 Å². The van der Waals surface area contributed by atoms with Crippen molar-refractivity contribution in [2.24, 2.45) is 5.92 Å². The zero-order chi connectivity index (χ0) is 24.4. The van der Waals surface area contributed by atoms with Gasteiger partial charge in [0.25, 0.3) is 0 Å². The van der Waals surface area contributed by atoms with Crippen LogP contribution in [0, 0.1) is 5.92 Å². The fourth-order valence-electron chi connectivity index (χ4n) is 5.18. The lowest BCUT2D eigenvalue weighted by molar-refractivity contribution is -0.142. The van der Waals surface area contributed by atoms with Crippen molar-refractivity contribution in [2.75, 3.05) is 33.8 Å². The molecular formula is C26H31N3O5. The molecule has 1 aliphatic carbocycles. The summed E-state index contributed by atoms with van der Waals surface area (Å²) in [5.41, 5.74) is 4.39. The van der Waals surface area contributed by atoms with Gasteiger partial charge in [-0.15, -0.1) is 0 Å². The number of carbonyl (C=O) groups excluding carboxylic acids is 2. The average molecular weight is 466 g/mol. The fourth-order valence-corrected chi connectivity index (χ4v) is 5.18. The Balaban J connectivity index is 1.42. The predicted molar refractivity (Wildman–Crippen MR) is 127 cm³/mol. The molecule has 1 saturated heterocycles. The molecule has 8 nitrogen and oxygen atoms in total. The number of likely N-dealkylation sites (N-methyl/N-ethyl adjacent to an activating group) is 1. The summed E-state index contributed by atoms with van der Waals surface area (Å²) in [5, 5.41) is 11.8. The maximum absolute atomic E-state index is 13.1. The number of carbonyl (C=O) groups is 3. The van der Waals surface area contributed by atoms with Gasteiger partial charge in [-0.2, -0.15) is 0 Å². The smallest absolute Gasteiger partial charge is 0.407 e. The van der Waals surface area contributed by atoms with E-state index in [2.05, 4.69) is 17.1 Å². The van der Waals surface area contributed by atoms with Crippen molar-refractivity contribution in [3.63, 3.8) is 0 Å². The highest BCUT2D eigenvalue weighted by Gasteiger charge is 2.38. The highest BCUT2D eigenvalue weighted by molar-refractivity contribution is 5.89. The van der Waals surface area contributed by atoms with Gasteiger partial charge >= 0.3 is 12.1 Å². The maximum atomic E-state index is 13.1. The van der Waals surface area contributed by atoms with E-state index in [1.807, 2.05) is 62.6 Å². The maximum Gasteiger partial charge on any atom is 0.407 e. The zero-order valence-corrected chi connectivity index (χ0v) is 19.7. The molecule has 1 aliphatic heterocycles. The first kappa shape index (κ1) is 23.8. The summed E-state index contributed by atoms with van der Waals surface area (Å²) in [6.07, 6.45) is -1.29. The van der Waals surface area contributed by atoms with Crippen LogP contribution >= 0.6 is 0 Å². The molecule has 3 unspecified atom stereocenters. The topological polar surface area (TPSA) is 99.2 Å². The van der Waals surface area contributed by atoms with E-state index in [1.165, 1.54) is 0 Å². The van der Waals surface area contributed by atoms with Crippen molar-refractivity contribution in [3.8, 4) is 11.1 Å². The van der Waals surface area contributed by atoms with Crippen LogP contribution in [0.4, 0.5) is 4.79 Å². The van der Waals surface area contributed by atoms with Crippen LogP contribution in [0.5, 0.6) is 0 Å². The number of nitrogens with one attached hydrogen (secondary N) is 1. The lowest BCUT2D eigenvalue weighted by Gasteiger charge is -2.25. The van der Waals surface area contributed by atoms with E-state index in [9.17, 15) is 19.5 Å². The van der Waals surface area contributed by atoms with E-state index in [0.717, 1.165) is 22.3 Å². The van der Waals surface area contributed by atoms with Crippen LogP contribution in [0.2, 0.25) is 0 Å². The quantitative estimate of drug-likeness (QED) is 0.653. The van der Waals surface area contributed by atoms with Crippen LogP contribution in [-0.2, 0) is 14.3 Å². The summed E-state index contributed by atoms with van der Waals surface area (Å²) in [7, 11) is 3.91. The van der Waals surface area contributed by atoms with E-state index in [4.69, 9.17) is 4.74 Å². The van der Waals surface area contributed by atoms with Gasteiger partial charge in [0.2, 0.25) is 5.91 Å². The second-order valence-corrected chi connectivity index (χ2v) is 9.37. The second kappa shape index (κ2) is 9.85. The molecule has 180 valence electrons. The molecule has 1 fully saturated rings. The third kappa shape index (κ3) is 4.77. The van der Waals surface area contributed by atoms with Crippen molar-refractivity contribution in [1.29, 1.82) is 0 Å². The summed E-state index contributed by atoms with van der Waals surface area (Å²) in [5.74, 6) is -1.42. The summed E-state index contributed by atoms with van der Waals surface area (Å²) < 4.78 is 5.52. The first-order chi connectivity index (χ1) is 16.3. The molecule has 3 atom stereocenters. The standard InChI is InChI=1S/C26H31N3O5/c1-16-13-29(14-23(16)28(2)3)25(32)22(12-24(30)31)27-26(33)34-15-21-19-10-6-4-8-17(19)18-9-5-7-11-20(18)21/h4-11,16,21-23H,12-15H2,1-3H3,(H,27,33)(H,30,31). The lowest BCUT2D eigenvalue weighted by atomic mass is 9.98. The van der Waals surface area contributed by atoms with Crippen LogP contribution in [0.3, 0.4) is 0 Å². The SMILES string of the molecule is CC1CN(C(=O)C(CC(=O)O)NC(=O)OCC2c3ccccc3-c3ccccc32)CC1N(C)C. The Bertz CT molecular complexity index is 1040. The van der Waals surface area contributed by atoms with Gasteiger partial charge in [-0.25, -0.2) is 4.79 Å². The van der Waals surface area contributed by atoms with Crippen molar-refractivity contribution in [2.45, 2.75) is 31.3 Å². The normalized spacial score (nSPS) is 20.1. The van der Waals surface area contributed by atoms with Crippen LogP contribution in [0.15, 0.2) is 48.5 Å². The lowest BCUT2D eigenvalue weighted by Crippen LogP contribution is -2.49. The molecule has 2 aromatic rings. The predicted octanol–water partition coefficient (Wildman–Crippen LogP) is 2.78. The number of alkyl carbamates (subject to hydrolysis) is 1. The van der Waals surface area contributed by atoms with Crippen molar-refractivity contribution < 1.29 is 24.2 Å². The number of amides is 2. The second-order valence-electron chi connectivity index (χ2n) is 9.37. The van der Waals surface area contributed by atoms with Crippen molar-refractivity contribution in [3.05, 3.63) is 59.7 Å². The third-order valence-corrected chi connectivity index (χ3v) is 6.86. The van der Waals surface area contributed by atoms with Crippen LogP contribution in [0.1, 0.15) is 30.4 Å². The molecule has 0 aromatic heterocycles. The van der Waals surface area contributed by atoms with E-state index in [1.54, 1.807) is 4.90 Å². The molecule has 0 bridgehead atoms. The number of ether oxygens (including phenoxy) is 1. The number of carboxylic acids is 1. The van der Waals surface area contributed by atoms with Crippen molar-refractivity contribution >= 4 is 18.0 Å². The molecule has 2 amide bonds. The Hall–Kier alpha value is -3.39. The number of hydrogen-bond acceptors (Lipinski definition) is 5. The first-order valence-corrected chi connectivity index (χ1v) is 11.5. The number of nitrogens with zero attached hydrogens (tertiary/aromatic N) is 2. The fraction of sp³-hybridized carbons (Fsp3) is 0.423. The van der Waals surface area contributed by atoms with Gasteiger partial charge in [-0.1, -0.05) is 55.5 Å². The van der Waals surface area contributed by atoms with Crippen LogP contribution in [-0.4, -0.2) is 78.8 Å². The minimum atomic E-state index is -1.18. The molecule has 2 aromatic carbocycles. The van der Waals surface area contributed by atoms with E-state index < -0.39 is 30.4 Å². The van der Waals surface area contributed by atoms with E-state index in [-0.39, 0.29) is 24.5 Å². The molecule has 4 rings (SSSR count). The molecule has 0 radical (unpaired) electrons. The number of hydrogen-bond donors (Lipinski definition) is 2. The summed E-state index contributed by atoms with van der Waals surface area (Å²) in [6, 6.07) is 15.0. The van der Waals surface area contributed by atoms with Crippen molar-refractivity contribution in [1.82, 2.24) is 15.1 Å². The molecular weight excluding hydrogens is 434 g/mol. The number of fused-ring (bicyclic) bond motifs is 3. The molecule has 0 spiro atoms. The molecule has 0 saturated carbocycles. The van der Waals surface area contributed by atoms with E-state index >= 15 is 0 Å². The number of aliphatic carboxylic acids is 1. The van der Waals surface area contributed by atoms with Crippen LogP contribution in [0.25, 0.3) is 11.1 Å². The molecule has 34 heavy (non-hydrogen) atoms. The average Bonchev–Trinajstić information content (AvgIpc) is 3.35. The highest BCUT2D eigenvalue weighted by Crippen LogP contribution is 2.44. The van der Waals surface area contributed by atoms with Crippen LogP contribution < -0.4 is 5.32 Å². The summed E-state index contributed by atoms with van der Waals surface area (Å²) >= 11 is 0. The monoisotopic (exact) mass is 465 g/mol. The molecule has 1 heterocycles. The minimum Gasteiger partial charge on any atom is -0.481 e. The Labute approximate surface area is 199 Å². The Kier molecular flexibility index (Phi) is 6.88. The largest absolute Gasteiger partial charge is 0.481 e. The van der Waals surface area contributed by atoms with Gasteiger partial charge in [0.05, 0.1) is 6.42 Å². The van der Waals surface area contributed by atoms with Gasteiger partial charge in [0, 0.05) is 25.0 Å². The Morgan fingerprint density at radius 1 is 1.06 bits per heavy atom. The molecule has 2 aliphatic rings. The molecule has 8 heteroatoms.